The summed E-state index contributed by atoms with van der Waals surface area (Å²) in [5.41, 5.74) is 3.26. The van der Waals surface area contributed by atoms with E-state index in [1.807, 2.05) is 31.2 Å². The Balaban J connectivity index is 1.90. The summed E-state index contributed by atoms with van der Waals surface area (Å²) in [6.45, 7) is 4.32. The molecule has 0 radical (unpaired) electrons. The van der Waals surface area contributed by atoms with Crippen LogP contribution in [0.15, 0.2) is 53.6 Å². The van der Waals surface area contributed by atoms with Gasteiger partial charge in [0.05, 0.1) is 12.8 Å². The zero-order chi connectivity index (χ0) is 18.1. The number of para-hydroxylation sites is 1. The van der Waals surface area contributed by atoms with Gasteiger partial charge in [-0.2, -0.15) is 5.10 Å². The van der Waals surface area contributed by atoms with Gasteiger partial charge in [-0.1, -0.05) is 30.7 Å². The molecular formula is C19H21ClN2O3. The van der Waals surface area contributed by atoms with Crippen molar-refractivity contribution in [2.75, 3.05) is 6.61 Å². The van der Waals surface area contributed by atoms with Crippen molar-refractivity contribution in [2.24, 2.45) is 5.10 Å². The van der Waals surface area contributed by atoms with Crippen LogP contribution in [0.1, 0.15) is 25.8 Å². The van der Waals surface area contributed by atoms with Gasteiger partial charge in [-0.15, -0.1) is 0 Å². The molecule has 2 aromatic rings. The fourth-order valence-electron chi connectivity index (χ4n) is 1.96. The summed E-state index contributed by atoms with van der Waals surface area (Å²) in [7, 11) is 0. The lowest BCUT2D eigenvalue weighted by atomic mass is 10.2. The normalized spacial score (nSPS) is 12.0. The number of hydrogen-bond acceptors (Lipinski definition) is 4. The molecule has 0 aliphatic carbocycles. The lowest BCUT2D eigenvalue weighted by Crippen LogP contribution is -2.33. The molecule has 6 heteroatoms. The van der Waals surface area contributed by atoms with Gasteiger partial charge in [0.15, 0.2) is 6.10 Å². The summed E-state index contributed by atoms with van der Waals surface area (Å²) < 4.78 is 11.2. The summed E-state index contributed by atoms with van der Waals surface area (Å²) in [4.78, 5) is 12.1. The van der Waals surface area contributed by atoms with Crippen LogP contribution in [0.5, 0.6) is 11.5 Å². The maximum absolute atomic E-state index is 12.1. The topological polar surface area (TPSA) is 59.9 Å². The molecule has 1 amide bonds. The fourth-order valence-corrected chi connectivity index (χ4v) is 2.08. The van der Waals surface area contributed by atoms with E-state index in [1.54, 1.807) is 37.4 Å². The fraction of sp³-hybridized carbons (Fsp3) is 0.263. The van der Waals surface area contributed by atoms with Crippen LogP contribution in [0.2, 0.25) is 5.02 Å². The first kappa shape index (κ1) is 18.8. The van der Waals surface area contributed by atoms with E-state index in [2.05, 4.69) is 10.5 Å². The number of carbonyl (C=O) groups excluding carboxylic acids is 1. The van der Waals surface area contributed by atoms with Gasteiger partial charge in [0.2, 0.25) is 0 Å². The summed E-state index contributed by atoms with van der Waals surface area (Å²) in [6.07, 6.45) is 1.78. The second-order valence-corrected chi connectivity index (χ2v) is 5.77. The molecule has 1 unspecified atom stereocenters. The highest BCUT2D eigenvalue weighted by molar-refractivity contribution is 6.30. The minimum atomic E-state index is -0.690. The molecule has 1 atom stereocenters. The van der Waals surface area contributed by atoms with E-state index in [1.165, 1.54) is 0 Å². The van der Waals surface area contributed by atoms with Crippen LogP contribution >= 0.6 is 11.6 Å². The molecule has 5 nitrogen and oxygen atoms in total. The Morgan fingerprint density at radius 2 is 1.96 bits per heavy atom. The van der Waals surface area contributed by atoms with Crippen molar-refractivity contribution in [3.05, 3.63) is 59.1 Å². The average molecular weight is 361 g/mol. The minimum absolute atomic E-state index is 0.349. The Labute approximate surface area is 152 Å². The molecule has 0 saturated heterocycles. The minimum Gasteiger partial charge on any atom is -0.493 e. The molecule has 0 saturated carbocycles. The maximum Gasteiger partial charge on any atom is 0.280 e. The van der Waals surface area contributed by atoms with Gasteiger partial charge in [-0.25, -0.2) is 5.43 Å². The molecule has 0 heterocycles. The summed E-state index contributed by atoms with van der Waals surface area (Å²) in [6, 6.07) is 14.3. The SMILES string of the molecule is CCCOc1ccccc1C=NNC(=O)C(C)Oc1ccc(Cl)cc1. The smallest absolute Gasteiger partial charge is 0.280 e. The lowest BCUT2D eigenvalue weighted by Gasteiger charge is -2.13. The summed E-state index contributed by atoms with van der Waals surface area (Å²) in [5, 5.41) is 4.59. The van der Waals surface area contributed by atoms with Crippen molar-refractivity contribution in [2.45, 2.75) is 26.4 Å². The third kappa shape index (κ3) is 6.12. The highest BCUT2D eigenvalue weighted by Gasteiger charge is 2.13. The first-order valence-corrected chi connectivity index (χ1v) is 8.45. The van der Waals surface area contributed by atoms with Gasteiger partial charge in [0.1, 0.15) is 11.5 Å². The van der Waals surface area contributed by atoms with Crippen molar-refractivity contribution in [3.8, 4) is 11.5 Å². The number of amides is 1. The van der Waals surface area contributed by atoms with Crippen molar-refractivity contribution >= 4 is 23.7 Å². The van der Waals surface area contributed by atoms with Gasteiger partial charge in [-0.05, 0) is 49.7 Å². The monoisotopic (exact) mass is 360 g/mol. The highest BCUT2D eigenvalue weighted by atomic mass is 35.5. The van der Waals surface area contributed by atoms with Gasteiger partial charge in [0, 0.05) is 10.6 Å². The molecule has 0 fully saturated rings. The van der Waals surface area contributed by atoms with Gasteiger partial charge < -0.3 is 9.47 Å². The zero-order valence-corrected chi connectivity index (χ0v) is 15.0. The molecule has 0 aliphatic rings. The second kappa shape index (κ2) is 9.69. The van der Waals surface area contributed by atoms with Gasteiger partial charge in [0.25, 0.3) is 5.91 Å². The molecule has 2 aromatic carbocycles. The maximum atomic E-state index is 12.1. The third-order valence-electron chi connectivity index (χ3n) is 3.25. The molecule has 0 aliphatic heterocycles. The number of benzene rings is 2. The molecular weight excluding hydrogens is 340 g/mol. The van der Waals surface area contributed by atoms with Crippen molar-refractivity contribution in [1.29, 1.82) is 0 Å². The van der Waals surface area contributed by atoms with Crippen LogP contribution in [0.25, 0.3) is 0 Å². The number of nitrogens with one attached hydrogen (secondary N) is 1. The van der Waals surface area contributed by atoms with E-state index in [9.17, 15) is 4.79 Å². The number of carbonyl (C=O) groups is 1. The average Bonchev–Trinajstić information content (AvgIpc) is 2.62. The van der Waals surface area contributed by atoms with Crippen molar-refractivity contribution in [3.63, 3.8) is 0 Å². The zero-order valence-electron chi connectivity index (χ0n) is 14.2. The molecule has 132 valence electrons. The largest absolute Gasteiger partial charge is 0.493 e. The second-order valence-electron chi connectivity index (χ2n) is 5.33. The predicted octanol–water partition coefficient (Wildman–Crippen LogP) is 4.05. The van der Waals surface area contributed by atoms with Crippen molar-refractivity contribution in [1.82, 2.24) is 5.43 Å². The van der Waals surface area contributed by atoms with Gasteiger partial charge >= 0.3 is 0 Å². The molecule has 0 spiro atoms. The number of nitrogens with zero attached hydrogens (tertiary/aromatic N) is 1. The number of hydrazone groups is 1. The van der Waals surface area contributed by atoms with E-state index in [4.69, 9.17) is 21.1 Å². The Kier molecular flexibility index (Phi) is 7.29. The standard InChI is InChI=1S/C19H21ClN2O3/c1-3-12-24-18-7-5-4-6-15(18)13-21-22-19(23)14(2)25-17-10-8-16(20)9-11-17/h4-11,13-14H,3,12H2,1-2H3,(H,22,23). The van der Waals surface area contributed by atoms with E-state index >= 15 is 0 Å². The molecule has 2 rings (SSSR count). The van der Waals surface area contributed by atoms with Gasteiger partial charge in [-0.3, -0.25) is 4.79 Å². The van der Waals surface area contributed by atoms with Crippen LogP contribution in [-0.4, -0.2) is 24.8 Å². The van der Waals surface area contributed by atoms with Crippen LogP contribution in [0, 0.1) is 0 Å². The third-order valence-corrected chi connectivity index (χ3v) is 3.51. The Morgan fingerprint density at radius 3 is 2.68 bits per heavy atom. The van der Waals surface area contributed by atoms with E-state index in [-0.39, 0.29) is 5.91 Å². The Morgan fingerprint density at radius 1 is 1.24 bits per heavy atom. The van der Waals surface area contributed by atoms with E-state index < -0.39 is 6.10 Å². The Hall–Kier alpha value is -2.53. The van der Waals surface area contributed by atoms with Crippen LogP contribution in [0.3, 0.4) is 0 Å². The van der Waals surface area contributed by atoms with Crippen LogP contribution in [0.4, 0.5) is 0 Å². The Bertz CT molecular complexity index is 717. The van der Waals surface area contributed by atoms with Crippen LogP contribution in [-0.2, 0) is 4.79 Å². The molecule has 1 N–H and O–H groups in total. The summed E-state index contributed by atoms with van der Waals surface area (Å²) >= 11 is 5.82. The quantitative estimate of drug-likeness (QED) is 0.570. The van der Waals surface area contributed by atoms with E-state index in [0.717, 1.165) is 17.7 Å². The highest BCUT2D eigenvalue weighted by Crippen LogP contribution is 2.17. The molecule has 25 heavy (non-hydrogen) atoms. The number of ether oxygens (including phenoxy) is 2. The number of halogens is 1. The lowest BCUT2D eigenvalue weighted by molar-refractivity contribution is -0.127. The van der Waals surface area contributed by atoms with E-state index in [0.29, 0.717) is 17.4 Å². The number of hydrogen-bond donors (Lipinski definition) is 1. The first-order valence-electron chi connectivity index (χ1n) is 8.07. The molecule has 0 aromatic heterocycles. The summed E-state index contributed by atoms with van der Waals surface area (Å²) in [5.74, 6) is 0.945. The predicted molar refractivity (Wildman–Crippen MR) is 99.5 cm³/mol. The first-order chi connectivity index (χ1) is 12.1. The van der Waals surface area contributed by atoms with Crippen LogP contribution < -0.4 is 14.9 Å². The number of rotatable bonds is 8. The molecule has 0 bridgehead atoms. The van der Waals surface area contributed by atoms with Crippen molar-refractivity contribution < 1.29 is 14.3 Å².